The van der Waals surface area contributed by atoms with Crippen LogP contribution in [0.2, 0.25) is 0 Å². The third-order valence-corrected chi connectivity index (χ3v) is 4.70. The summed E-state index contributed by atoms with van der Waals surface area (Å²) in [6, 6.07) is 9.22. The molecule has 1 aliphatic heterocycles. The van der Waals surface area contributed by atoms with Crippen molar-refractivity contribution in [2.45, 2.75) is 32.7 Å². The topological polar surface area (TPSA) is 55.2 Å². The van der Waals surface area contributed by atoms with E-state index in [2.05, 4.69) is 11.1 Å². The van der Waals surface area contributed by atoms with Crippen molar-refractivity contribution in [2.24, 2.45) is 5.92 Å². The van der Waals surface area contributed by atoms with Crippen LogP contribution in [0.5, 0.6) is 0 Å². The lowest BCUT2D eigenvalue weighted by molar-refractivity contribution is -0.130. The molecule has 1 fully saturated rings. The van der Waals surface area contributed by atoms with Crippen LogP contribution in [0.4, 0.5) is 0 Å². The molecule has 24 heavy (non-hydrogen) atoms. The molecule has 1 amide bonds. The quantitative estimate of drug-likeness (QED) is 0.845. The number of carbonyl (C=O) groups is 1. The molecule has 3 rings (SSSR count). The minimum atomic E-state index is -0.0429. The summed E-state index contributed by atoms with van der Waals surface area (Å²) in [5.74, 6) is 0.637. The van der Waals surface area contributed by atoms with Crippen molar-refractivity contribution in [1.29, 1.82) is 0 Å². The average Bonchev–Trinajstić information content (AvgIpc) is 3.04. The Morgan fingerprint density at radius 3 is 2.92 bits per heavy atom. The van der Waals surface area contributed by atoms with Gasteiger partial charge in [-0.2, -0.15) is 0 Å². The van der Waals surface area contributed by atoms with Gasteiger partial charge in [0.25, 0.3) is 5.56 Å². The van der Waals surface area contributed by atoms with Crippen LogP contribution in [0.25, 0.3) is 0 Å². The molecular weight excluding hydrogens is 302 g/mol. The van der Waals surface area contributed by atoms with Gasteiger partial charge in [0.1, 0.15) is 0 Å². The van der Waals surface area contributed by atoms with E-state index >= 15 is 0 Å². The molecular formula is C19H23N3O2. The van der Waals surface area contributed by atoms with Gasteiger partial charge in [-0.05, 0) is 43.4 Å². The van der Waals surface area contributed by atoms with Crippen LogP contribution in [0.15, 0.2) is 47.5 Å². The Hall–Kier alpha value is -2.43. The van der Waals surface area contributed by atoms with Crippen molar-refractivity contribution in [3.8, 4) is 0 Å². The summed E-state index contributed by atoms with van der Waals surface area (Å²) in [5.41, 5.74) is 2.08. The van der Waals surface area contributed by atoms with Crippen LogP contribution in [0.1, 0.15) is 24.1 Å². The zero-order chi connectivity index (χ0) is 16.9. The normalized spacial score (nSPS) is 17.2. The van der Waals surface area contributed by atoms with Gasteiger partial charge < -0.3 is 9.47 Å². The fourth-order valence-electron chi connectivity index (χ4n) is 3.35. The zero-order valence-corrected chi connectivity index (χ0v) is 14.0. The number of hydrogen-bond donors (Lipinski definition) is 0. The monoisotopic (exact) mass is 325 g/mol. The molecule has 0 bridgehead atoms. The predicted octanol–water partition coefficient (Wildman–Crippen LogP) is 2.03. The fraction of sp³-hybridized carbons (Fsp3) is 0.421. The number of carbonyl (C=O) groups excluding carboxylic acids is 1. The van der Waals surface area contributed by atoms with Gasteiger partial charge in [-0.3, -0.25) is 14.6 Å². The van der Waals surface area contributed by atoms with E-state index in [9.17, 15) is 9.59 Å². The molecule has 5 nitrogen and oxygen atoms in total. The molecule has 1 saturated heterocycles. The first-order valence-corrected chi connectivity index (χ1v) is 8.46. The molecule has 2 aromatic heterocycles. The maximum absolute atomic E-state index is 12.4. The van der Waals surface area contributed by atoms with Gasteiger partial charge in [-0.25, -0.2) is 0 Å². The van der Waals surface area contributed by atoms with Gasteiger partial charge in [0.15, 0.2) is 0 Å². The highest BCUT2D eigenvalue weighted by molar-refractivity contribution is 5.76. The molecule has 3 heterocycles. The predicted molar refractivity (Wildman–Crippen MR) is 92.7 cm³/mol. The van der Waals surface area contributed by atoms with Crippen LogP contribution in [-0.2, 0) is 17.8 Å². The second kappa shape index (κ2) is 7.43. The van der Waals surface area contributed by atoms with Gasteiger partial charge in [-0.15, -0.1) is 0 Å². The lowest BCUT2D eigenvalue weighted by Crippen LogP contribution is -2.31. The number of hydrogen-bond acceptors (Lipinski definition) is 3. The van der Waals surface area contributed by atoms with Crippen molar-refractivity contribution in [3.05, 3.63) is 64.3 Å². The summed E-state index contributed by atoms with van der Waals surface area (Å²) in [4.78, 5) is 30.4. The summed E-state index contributed by atoms with van der Waals surface area (Å²) in [5, 5.41) is 0. The van der Waals surface area contributed by atoms with Gasteiger partial charge in [0.2, 0.25) is 5.91 Å². The standard InChI is InChI=1S/C19H23N3O2/c1-15-4-2-6-19(24)22(15)11-8-18(23)21-10-7-17(14-21)12-16-5-3-9-20-13-16/h2-6,9,13,17H,7-8,10-12,14H2,1H3. The average molecular weight is 325 g/mol. The molecule has 126 valence electrons. The van der Waals surface area contributed by atoms with Gasteiger partial charge >= 0.3 is 0 Å². The van der Waals surface area contributed by atoms with Gasteiger partial charge in [0, 0.05) is 50.2 Å². The van der Waals surface area contributed by atoms with E-state index < -0.39 is 0 Å². The second-order valence-corrected chi connectivity index (χ2v) is 6.47. The number of aryl methyl sites for hydroxylation is 1. The Morgan fingerprint density at radius 1 is 1.29 bits per heavy atom. The first-order chi connectivity index (χ1) is 11.6. The molecule has 2 aromatic rings. The Morgan fingerprint density at radius 2 is 2.17 bits per heavy atom. The van der Waals surface area contributed by atoms with E-state index in [-0.39, 0.29) is 11.5 Å². The van der Waals surface area contributed by atoms with Crippen molar-refractivity contribution in [2.75, 3.05) is 13.1 Å². The van der Waals surface area contributed by atoms with Crippen molar-refractivity contribution < 1.29 is 4.79 Å². The molecule has 0 radical (unpaired) electrons. The largest absolute Gasteiger partial charge is 0.342 e. The van der Waals surface area contributed by atoms with Gasteiger partial charge in [-0.1, -0.05) is 12.1 Å². The van der Waals surface area contributed by atoms with E-state index in [1.807, 2.05) is 30.2 Å². The molecule has 0 aliphatic carbocycles. The number of rotatable bonds is 5. The summed E-state index contributed by atoms with van der Waals surface area (Å²) >= 11 is 0. The number of likely N-dealkylation sites (tertiary alicyclic amines) is 1. The lowest BCUT2D eigenvalue weighted by atomic mass is 10.0. The Labute approximate surface area is 141 Å². The highest BCUT2D eigenvalue weighted by Gasteiger charge is 2.26. The molecule has 0 N–H and O–H groups in total. The molecule has 5 heteroatoms. The first-order valence-electron chi connectivity index (χ1n) is 8.46. The Kier molecular flexibility index (Phi) is 5.08. The lowest BCUT2D eigenvalue weighted by Gasteiger charge is -2.17. The Balaban J connectivity index is 1.52. The number of pyridine rings is 2. The highest BCUT2D eigenvalue weighted by Crippen LogP contribution is 2.21. The number of aromatic nitrogens is 2. The van der Waals surface area contributed by atoms with E-state index in [4.69, 9.17) is 0 Å². The van der Waals surface area contributed by atoms with Crippen LogP contribution in [0, 0.1) is 12.8 Å². The molecule has 1 atom stereocenters. The smallest absolute Gasteiger partial charge is 0.250 e. The third-order valence-electron chi connectivity index (χ3n) is 4.70. The maximum Gasteiger partial charge on any atom is 0.250 e. The maximum atomic E-state index is 12.4. The third kappa shape index (κ3) is 3.91. The Bertz CT molecular complexity index is 755. The van der Waals surface area contributed by atoms with E-state index in [1.54, 1.807) is 16.8 Å². The molecule has 1 aliphatic rings. The number of amides is 1. The van der Waals surface area contributed by atoms with Crippen LogP contribution in [0.3, 0.4) is 0 Å². The van der Waals surface area contributed by atoms with Gasteiger partial charge in [0.05, 0.1) is 0 Å². The molecule has 0 aromatic carbocycles. The first kappa shape index (κ1) is 16.4. The summed E-state index contributed by atoms with van der Waals surface area (Å²) in [6.07, 6.45) is 6.06. The summed E-state index contributed by atoms with van der Waals surface area (Å²) in [6.45, 7) is 3.96. The van der Waals surface area contributed by atoms with Crippen molar-refractivity contribution >= 4 is 5.91 Å². The van der Waals surface area contributed by atoms with E-state index in [0.717, 1.165) is 31.6 Å². The number of nitrogens with zero attached hydrogens (tertiary/aromatic N) is 3. The minimum absolute atomic E-state index is 0.0429. The summed E-state index contributed by atoms with van der Waals surface area (Å²) < 4.78 is 1.67. The van der Waals surface area contributed by atoms with E-state index in [0.29, 0.717) is 18.9 Å². The SMILES string of the molecule is Cc1cccc(=O)n1CCC(=O)N1CCC(Cc2cccnc2)C1. The zero-order valence-electron chi connectivity index (χ0n) is 14.0. The van der Waals surface area contributed by atoms with Crippen LogP contribution in [-0.4, -0.2) is 33.4 Å². The van der Waals surface area contributed by atoms with Crippen LogP contribution < -0.4 is 5.56 Å². The van der Waals surface area contributed by atoms with Crippen molar-refractivity contribution in [3.63, 3.8) is 0 Å². The van der Waals surface area contributed by atoms with Crippen LogP contribution >= 0.6 is 0 Å². The molecule has 0 saturated carbocycles. The highest BCUT2D eigenvalue weighted by atomic mass is 16.2. The molecule has 1 unspecified atom stereocenters. The van der Waals surface area contributed by atoms with Crippen molar-refractivity contribution in [1.82, 2.24) is 14.5 Å². The van der Waals surface area contributed by atoms with E-state index in [1.165, 1.54) is 11.6 Å². The molecule has 0 spiro atoms. The second-order valence-electron chi connectivity index (χ2n) is 6.47. The fourth-order valence-corrected chi connectivity index (χ4v) is 3.35. The minimum Gasteiger partial charge on any atom is -0.342 e. The summed E-state index contributed by atoms with van der Waals surface area (Å²) in [7, 11) is 0.